The molecular formula is C23H19F3N2O3S2. The first-order valence-corrected chi connectivity index (χ1v) is 11.5. The normalized spacial score (nSPS) is 12.3. The van der Waals surface area contributed by atoms with E-state index in [-0.39, 0.29) is 0 Å². The number of carboxylic acids is 1. The van der Waals surface area contributed by atoms with Crippen molar-refractivity contribution in [2.24, 2.45) is 0 Å². The van der Waals surface area contributed by atoms with Gasteiger partial charge in [-0.3, -0.25) is 0 Å². The largest absolute Gasteiger partial charge is 0.478 e. The number of aromatic nitrogens is 2. The Kier molecular flexibility index (Phi) is 5.92. The van der Waals surface area contributed by atoms with Gasteiger partial charge in [-0.1, -0.05) is 18.2 Å². The van der Waals surface area contributed by atoms with E-state index in [9.17, 15) is 23.1 Å². The first-order valence-electron chi connectivity index (χ1n) is 9.89. The Hall–Kier alpha value is -2.98. The van der Waals surface area contributed by atoms with Crippen LogP contribution in [0.25, 0.3) is 20.8 Å². The van der Waals surface area contributed by atoms with Crippen LogP contribution in [0.5, 0.6) is 5.75 Å². The number of ether oxygens (including phenoxy) is 1. The number of fused-ring (bicyclic) bond motifs is 1. The standard InChI is InChI=1S/C23H19F3N2O3S2/c1-12-17(32-20(27-12)13-7-9-14(10-8-13)23(24,25)26)11-18-28-15-5-4-6-16(19(15)33-18)31-22(2,3)21(29)30/h4-10H,11H2,1-3H3,(H,29,30). The van der Waals surface area contributed by atoms with Gasteiger partial charge in [0.1, 0.15) is 10.8 Å². The summed E-state index contributed by atoms with van der Waals surface area (Å²) in [7, 11) is 0. The van der Waals surface area contributed by atoms with Gasteiger partial charge < -0.3 is 9.84 Å². The molecule has 2 heterocycles. The van der Waals surface area contributed by atoms with E-state index in [4.69, 9.17) is 4.74 Å². The van der Waals surface area contributed by atoms with Crippen LogP contribution in [0, 0.1) is 6.92 Å². The van der Waals surface area contributed by atoms with E-state index >= 15 is 0 Å². The average Bonchev–Trinajstić information content (AvgIpc) is 3.31. The highest BCUT2D eigenvalue weighted by molar-refractivity contribution is 7.19. The zero-order valence-electron chi connectivity index (χ0n) is 17.9. The molecule has 0 saturated carbocycles. The van der Waals surface area contributed by atoms with Gasteiger partial charge in [0.05, 0.1) is 26.5 Å². The van der Waals surface area contributed by atoms with Gasteiger partial charge in [-0.15, -0.1) is 22.7 Å². The number of carboxylic acid groups (broad SMARTS) is 1. The second-order valence-corrected chi connectivity index (χ2v) is 10.1. The second-order valence-electron chi connectivity index (χ2n) is 7.91. The molecule has 0 aliphatic heterocycles. The Balaban J connectivity index is 1.60. The van der Waals surface area contributed by atoms with Crippen molar-refractivity contribution in [2.75, 3.05) is 0 Å². The molecule has 10 heteroatoms. The fraction of sp³-hybridized carbons (Fsp3) is 0.261. The first-order chi connectivity index (χ1) is 15.4. The molecule has 172 valence electrons. The van der Waals surface area contributed by atoms with E-state index in [1.165, 1.54) is 48.7 Å². The number of aliphatic carboxylic acids is 1. The molecule has 0 radical (unpaired) electrons. The summed E-state index contributed by atoms with van der Waals surface area (Å²) in [5.41, 5.74) is 0.0384. The number of alkyl halides is 3. The minimum Gasteiger partial charge on any atom is -0.478 e. The number of nitrogens with zero attached hydrogens (tertiary/aromatic N) is 2. The zero-order valence-corrected chi connectivity index (χ0v) is 19.5. The van der Waals surface area contributed by atoms with Gasteiger partial charge in [-0.2, -0.15) is 13.2 Å². The predicted octanol–water partition coefficient (Wildman–Crippen LogP) is 6.58. The topological polar surface area (TPSA) is 72.3 Å². The maximum absolute atomic E-state index is 12.8. The molecule has 0 aliphatic carbocycles. The molecular weight excluding hydrogens is 473 g/mol. The number of aryl methyl sites for hydroxylation is 1. The molecule has 0 aliphatic rings. The Labute approximate surface area is 195 Å². The van der Waals surface area contributed by atoms with Gasteiger partial charge >= 0.3 is 12.1 Å². The van der Waals surface area contributed by atoms with Gasteiger partial charge in [-0.25, -0.2) is 14.8 Å². The summed E-state index contributed by atoms with van der Waals surface area (Å²) in [6.07, 6.45) is -3.87. The SMILES string of the molecule is Cc1nc(-c2ccc(C(F)(F)F)cc2)sc1Cc1nc2cccc(OC(C)(C)C(=O)O)c2s1. The van der Waals surface area contributed by atoms with Crippen molar-refractivity contribution < 1.29 is 27.8 Å². The van der Waals surface area contributed by atoms with Crippen LogP contribution in [0.3, 0.4) is 0 Å². The molecule has 0 fully saturated rings. The fourth-order valence-electron chi connectivity index (χ4n) is 3.10. The molecule has 0 unspecified atom stereocenters. The van der Waals surface area contributed by atoms with Crippen LogP contribution in [0.2, 0.25) is 0 Å². The van der Waals surface area contributed by atoms with E-state index < -0.39 is 23.3 Å². The van der Waals surface area contributed by atoms with E-state index in [1.54, 1.807) is 12.1 Å². The van der Waals surface area contributed by atoms with Crippen LogP contribution in [-0.4, -0.2) is 26.6 Å². The summed E-state index contributed by atoms with van der Waals surface area (Å²) in [5.74, 6) is -0.615. The van der Waals surface area contributed by atoms with Crippen LogP contribution in [0.15, 0.2) is 42.5 Å². The number of benzene rings is 2. The molecule has 5 nitrogen and oxygen atoms in total. The van der Waals surface area contributed by atoms with Crippen LogP contribution < -0.4 is 4.74 Å². The molecule has 0 bridgehead atoms. The number of hydrogen-bond acceptors (Lipinski definition) is 6. The predicted molar refractivity (Wildman–Crippen MR) is 122 cm³/mol. The first kappa shape index (κ1) is 23.2. The monoisotopic (exact) mass is 492 g/mol. The maximum atomic E-state index is 12.8. The number of thiazole rings is 2. The van der Waals surface area contributed by atoms with Crippen molar-refractivity contribution in [1.29, 1.82) is 0 Å². The van der Waals surface area contributed by atoms with Crippen LogP contribution in [0.4, 0.5) is 13.2 Å². The number of rotatable bonds is 6. The molecule has 0 spiro atoms. The summed E-state index contributed by atoms with van der Waals surface area (Å²) in [6, 6.07) is 10.3. The average molecular weight is 493 g/mol. The van der Waals surface area contributed by atoms with E-state index in [2.05, 4.69) is 9.97 Å². The van der Waals surface area contributed by atoms with Crippen molar-refractivity contribution >= 4 is 38.9 Å². The molecule has 33 heavy (non-hydrogen) atoms. The van der Waals surface area contributed by atoms with Gasteiger partial charge in [0.15, 0.2) is 5.60 Å². The highest BCUT2D eigenvalue weighted by Crippen LogP contribution is 2.37. The summed E-state index contributed by atoms with van der Waals surface area (Å²) in [5, 5.41) is 10.8. The van der Waals surface area contributed by atoms with Crippen molar-refractivity contribution in [3.63, 3.8) is 0 Å². The molecule has 4 rings (SSSR count). The number of carbonyl (C=O) groups is 1. The summed E-state index contributed by atoms with van der Waals surface area (Å²) >= 11 is 2.83. The molecule has 0 atom stereocenters. The summed E-state index contributed by atoms with van der Waals surface area (Å²) < 4.78 is 45.0. The van der Waals surface area contributed by atoms with Gasteiger partial charge in [0.2, 0.25) is 0 Å². The quantitative estimate of drug-likeness (QED) is 0.329. The van der Waals surface area contributed by atoms with Gasteiger partial charge in [-0.05, 0) is 45.0 Å². The molecule has 0 amide bonds. The van der Waals surface area contributed by atoms with E-state index in [0.29, 0.717) is 28.3 Å². The number of hydrogen-bond donors (Lipinski definition) is 1. The van der Waals surface area contributed by atoms with Crippen molar-refractivity contribution in [1.82, 2.24) is 9.97 Å². The third-order valence-electron chi connectivity index (χ3n) is 4.97. The van der Waals surface area contributed by atoms with Crippen molar-refractivity contribution in [3.8, 4) is 16.3 Å². The van der Waals surface area contributed by atoms with Crippen LogP contribution in [0.1, 0.15) is 35.0 Å². The van der Waals surface area contributed by atoms with Gasteiger partial charge in [0.25, 0.3) is 0 Å². The Morgan fingerprint density at radius 1 is 1.06 bits per heavy atom. The minimum atomic E-state index is -4.38. The minimum absolute atomic E-state index is 0.454. The lowest BCUT2D eigenvalue weighted by atomic mass is 10.1. The van der Waals surface area contributed by atoms with Crippen molar-refractivity contribution in [2.45, 2.75) is 39.0 Å². The van der Waals surface area contributed by atoms with Crippen LogP contribution >= 0.6 is 22.7 Å². The van der Waals surface area contributed by atoms with Crippen LogP contribution in [-0.2, 0) is 17.4 Å². The Morgan fingerprint density at radius 2 is 1.76 bits per heavy atom. The molecule has 0 saturated heterocycles. The maximum Gasteiger partial charge on any atom is 0.416 e. The molecule has 1 N–H and O–H groups in total. The molecule has 2 aromatic heterocycles. The lowest BCUT2D eigenvalue weighted by Crippen LogP contribution is -2.37. The third kappa shape index (κ3) is 4.86. The lowest BCUT2D eigenvalue weighted by Gasteiger charge is -2.21. The molecule has 2 aromatic carbocycles. The summed E-state index contributed by atoms with van der Waals surface area (Å²) in [6.45, 7) is 4.83. The Morgan fingerprint density at radius 3 is 2.39 bits per heavy atom. The smallest absolute Gasteiger partial charge is 0.416 e. The zero-order chi connectivity index (χ0) is 24.0. The Bertz CT molecular complexity index is 1330. The van der Waals surface area contributed by atoms with E-state index in [1.807, 2.05) is 13.0 Å². The number of halogens is 3. The third-order valence-corrected chi connectivity index (χ3v) is 7.26. The highest BCUT2D eigenvalue weighted by Gasteiger charge is 2.31. The highest BCUT2D eigenvalue weighted by atomic mass is 32.1. The second kappa shape index (κ2) is 8.42. The fourth-order valence-corrected chi connectivity index (χ4v) is 5.29. The molecule has 4 aromatic rings. The lowest BCUT2D eigenvalue weighted by molar-refractivity contribution is -0.152. The van der Waals surface area contributed by atoms with Gasteiger partial charge in [0, 0.05) is 16.9 Å². The summed E-state index contributed by atoms with van der Waals surface area (Å²) in [4.78, 5) is 21.6. The van der Waals surface area contributed by atoms with E-state index in [0.717, 1.165) is 32.4 Å². The van der Waals surface area contributed by atoms with Crippen molar-refractivity contribution in [3.05, 3.63) is 63.6 Å².